The molecule has 1 nitrogen and oxygen atoms in total. The average molecular weight is 120 g/mol. The highest BCUT2D eigenvalue weighted by molar-refractivity contribution is 5.84. The third-order valence-electron chi connectivity index (χ3n) is 0.571. The summed E-state index contributed by atoms with van der Waals surface area (Å²) in [4.78, 5) is 9.42. The van der Waals surface area contributed by atoms with Crippen LogP contribution < -0.4 is 0 Å². The highest BCUT2D eigenvalue weighted by Gasteiger charge is 2.02. The molecule has 0 aliphatic carbocycles. The van der Waals surface area contributed by atoms with E-state index in [1.54, 1.807) is 6.92 Å². The van der Waals surface area contributed by atoms with E-state index in [-0.39, 0.29) is 0 Å². The lowest BCUT2D eigenvalue weighted by Crippen LogP contribution is -1.85. The van der Waals surface area contributed by atoms with E-state index in [9.17, 15) is 13.6 Å². The van der Waals surface area contributed by atoms with E-state index in [1.807, 2.05) is 0 Å². The first-order valence-electron chi connectivity index (χ1n) is 2.24. The first-order valence-corrected chi connectivity index (χ1v) is 2.24. The molecule has 46 valence electrons. The van der Waals surface area contributed by atoms with Crippen molar-refractivity contribution in [3.05, 3.63) is 11.9 Å². The van der Waals surface area contributed by atoms with Gasteiger partial charge in [0.15, 0.2) is 5.83 Å². The zero-order chi connectivity index (χ0) is 6.57. The summed E-state index contributed by atoms with van der Waals surface area (Å²) in [5.41, 5.74) is 0. The molecule has 0 N–H and O–H groups in total. The third-order valence-corrected chi connectivity index (χ3v) is 0.571. The number of hydrogen-bond acceptors (Lipinski definition) is 1. The van der Waals surface area contributed by atoms with Crippen LogP contribution in [-0.2, 0) is 4.79 Å². The Morgan fingerprint density at radius 3 is 2.25 bits per heavy atom. The maximum Gasteiger partial charge on any atom is 0.359 e. The lowest BCUT2D eigenvalue weighted by Gasteiger charge is -1.80. The minimum Gasteiger partial charge on any atom is -0.253 e. The second-order valence-corrected chi connectivity index (χ2v) is 1.23. The zero-order valence-electron chi connectivity index (χ0n) is 4.45. The van der Waals surface area contributed by atoms with Gasteiger partial charge in [0.1, 0.15) is 0 Å². The molecule has 0 aromatic carbocycles. The first-order chi connectivity index (χ1) is 3.68. The number of carbonyl (C=O) groups excluding carboxylic acids is 1. The summed E-state index contributed by atoms with van der Waals surface area (Å²) >= 11 is 0. The summed E-state index contributed by atoms with van der Waals surface area (Å²) in [7, 11) is 0. The molecule has 0 aromatic heterocycles. The summed E-state index contributed by atoms with van der Waals surface area (Å²) in [6.45, 7) is 1.61. The predicted octanol–water partition coefficient (Wildman–Crippen LogP) is 1.75. The van der Waals surface area contributed by atoms with Gasteiger partial charge in [-0.15, -0.1) is 0 Å². The zero-order valence-corrected chi connectivity index (χ0v) is 4.45. The van der Waals surface area contributed by atoms with E-state index in [1.165, 1.54) is 0 Å². The molecule has 0 aliphatic heterocycles. The standard InChI is InChI=1S/C5H6F2O/c1-2-3-4(6)5(7)8/h3H,2H2,1H3. The van der Waals surface area contributed by atoms with Gasteiger partial charge in [-0.2, -0.15) is 4.39 Å². The maximum absolute atomic E-state index is 11.7. The predicted molar refractivity (Wildman–Crippen MR) is 25.6 cm³/mol. The minimum absolute atomic E-state index is 0.335. The van der Waals surface area contributed by atoms with Gasteiger partial charge < -0.3 is 0 Å². The Morgan fingerprint density at radius 1 is 1.62 bits per heavy atom. The van der Waals surface area contributed by atoms with Crippen LogP contribution >= 0.6 is 0 Å². The van der Waals surface area contributed by atoms with Crippen molar-refractivity contribution in [1.29, 1.82) is 0 Å². The van der Waals surface area contributed by atoms with E-state index in [4.69, 9.17) is 0 Å². The molecule has 0 radical (unpaired) electrons. The molecule has 0 rings (SSSR count). The van der Waals surface area contributed by atoms with Crippen LogP contribution in [0.5, 0.6) is 0 Å². The number of halogens is 2. The monoisotopic (exact) mass is 120 g/mol. The van der Waals surface area contributed by atoms with Gasteiger partial charge in [0.25, 0.3) is 0 Å². The van der Waals surface area contributed by atoms with Gasteiger partial charge >= 0.3 is 6.04 Å². The van der Waals surface area contributed by atoms with Gasteiger partial charge in [0.05, 0.1) is 0 Å². The third kappa shape index (κ3) is 2.44. The smallest absolute Gasteiger partial charge is 0.253 e. The lowest BCUT2D eigenvalue weighted by atomic mass is 10.4. The van der Waals surface area contributed by atoms with Crippen LogP contribution in [0.1, 0.15) is 13.3 Å². The molecule has 0 fully saturated rings. The van der Waals surface area contributed by atoms with E-state index < -0.39 is 11.9 Å². The minimum atomic E-state index is -1.99. The summed E-state index contributed by atoms with van der Waals surface area (Å²) in [6, 6.07) is -1.99. The summed E-state index contributed by atoms with van der Waals surface area (Å²) in [5, 5.41) is 0. The second-order valence-electron chi connectivity index (χ2n) is 1.23. The quantitative estimate of drug-likeness (QED) is 0.400. The van der Waals surface area contributed by atoms with Gasteiger partial charge in [0, 0.05) is 0 Å². The molecule has 0 saturated carbocycles. The molecule has 0 heterocycles. The van der Waals surface area contributed by atoms with Crippen LogP contribution in [0.2, 0.25) is 0 Å². The number of rotatable bonds is 2. The molecule has 8 heavy (non-hydrogen) atoms. The van der Waals surface area contributed by atoms with Crippen molar-refractivity contribution in [3.8, 4) is 0 Å². The molecule has 0 unspecified atom stereocenters. The molecular weight excluding hydrogens is 114 g/mol. The van der Waals surface area contributed by atoms with E-state index in [0.717, 1.165) is 6.08 Å². The van der Waals surface area contributed by atoms with Gasteiger partial charge in [-0.25, -0.2) is 4.39 Å². The second kappa shape index (κ2) is 3.29. The van der Waals surface area contributed by atoms with Crippen molar-refractivity contribution in [2.24, 2.45) is 0 Å². The van der Waals surface area contributed by atoms with Crippen LogP contribution in [-0.4, -0.2) is 6.04 Å². The van der Waals surface area contributed by atoms with Crippen LogP contribution in [0.25, 0.3) is 0 Å². The molecule has 0 atom stereocenters. The van der Waals surface area contributed by atoms with Crippen LogP contribution in [0.15, 0.2) is 11.9 Å². The largest absolute Gasteiger partial charge is 0.359 e. The van der Waals surface area contributed by atoms with E-state index in [2.05, 4.69) is 0 Å². The number of carbonyl (C=O) groups is 1. The first kappa shape index (κ1) is 7.27. The molecular formula is C5H6F2O. The molecule has 0 bridgehead atoms. The fraction of sp³-hybridized carbons (Fsp3) is 0.400. The van der Waals surface area contributed by atoms with Crippen molar-refractivity contribution in [1.82, 2.24) is 0 Å². The SMILES string of the molecule is CCC=C(F)C(=O)F. The van der Waals surface area contributed by atoms with Crippen LogP contribution in [0.3, 0.4) is 0 Å². The van der Waals surface area contributed by atoms with Gasteiger partial charge in [-0.05, 0) is 12.5 Å². The highest BCUT2D eigenvalue weighted by Crippen LogP contribution is 1.99. The average Bonchev–Trinajstić information content (AvgIpc) is 1.67. The Balaban J connectivity index is 3.80. The Morgan fingerprint density at radius 2 is 2.12 bits per heavy atom. The molecule has 0 saturated heterocycles. The normalized spacial score (nSPS) is 11.6. The molecule has 3 heteroatoms. The van der Waals surface area contributed by atoms with E-state index in [0.29, 0.717) is 6.42 Å². The Hall–Kier alpha value is -0.730. The Bertz CT molecular complexity index is 118. The fourth-order valence-corrected chi connectivity index (χ4v) is 0.259. The van der Waals surface area contributed by atoms with Crippen molar-refractivity contribution >= 4 is 6.04 Å². The lowest BCUT2D eigenvalue weighted by molar-refractivity contribution is -0.126. The van der Waals surface area contributed by atoms with Crippen molar-refractivity contribution < 1.29 is 13.6 Å². The molecule has 0 aliphatic rings. The molecule has 0 aromatic rings. The summed E-state index contributed by atoms with van der Waals surface area (Å²) < 4.78 is 22.9. The van der Waals surface area contributed by atoms with Crippen molar-refractivity contribution in [2.45, 2.75) is 13.3 Å². The number of allylic oxidation sites excluding steroid dienone is 2. The Labute approximate surface area is 46.0 Å². The molecule has 0 amide bonds. The Kier molecular flexibility index (Phi) is 2.99. The number of hydrogen-bond donors (Lipinski definition) is 0. The van der Waals surface area contributed by atoms with Crippen LogP contribution in [0.4, 0.5) is 8.78 Å². The van der Waals surface area contributed by atoms with E-state index >= 15 is 0 Å². The van der Waals surface area contributed by atoms with Crippen molar-refractivity contribution in [3.63, 3.8) is 0 Å². The highest BCUT2D eigenvalue weighted by atomic mass is 19.2. The van der Waals surface area contributed by atoms with Gasteiger partial charge in [-0.1, -0.05) is 6.92 Å². The molecule has 0 spiro atoms. The summed E-state index contributed by atoms with van der Waals surface area (Å²) in [6.07, 6.45) is 1.23. The maximum atomic E-state index is 11.7. The van der Waals surface area contributed by atoms with Gasteiger partial charge in [0.2, 0.25) is 0 Å². The fourth-order valence-electron chi connectivity index (χ4n) is 0.259. The van der Waals surface area contributed by atoms with Crippen molar-refractivity contribution in [2.75, 3.05) is 0 Å². The van der Waals surface area contributed by atoms with Crippen LogP contribution in [0, 0.1) is 0 Å². The topological polar surface area (TPSA) is 17.1 Å². The van der Waals surface area contributed by atoms with Gasteiger partial charge in [-0.3, -0.25) is 4.79 Å². The summed E-state index contributed by atoms with van der Waals surface area (Å²) in [5.74, 6) is -1.30.